The molecular weight excluding hydrogens is 174 g/mol. The second kappa shape index (κ2) is 3.37. The molecule has 1 aromatic rings. The third-order valence-electron chi connectivity index (χ3n) is 3.55. The Kier molecular flexibility index (Phi) is 2.33. The van der Waals surface area contributed by atoms with Gasteiger partial charge in [0.25, 0.3) is 0 Å². The van der Waals surface area contributed by atoms with Crippen molar-refractivity contribution in [2.24, 2.45) is 17.1 Å². The number of aliphatic hydroxyl groups excluding tert-OH is 1. The van der Waals surface area contributed by atoms with Crippen LogP contribution < -0.4 is 5.73 Å². The van der Waals surface area contributed by atoms with Gasteiger partial charge in [-0.05, 0) is 17.9 Å². The molecule has 0 spiro atoms. The van der Waals surface area contributed by atoms with Gasteiger partial charge < -0.3 is 10.8 Å². The van der Waals surface area contributed by atoms with Crippen LogP contribution >= 0.6 is 0 Å². The minimum absolute atomic E-state index is 0.0542. The zero-order chi connectivity index (χ0) is 10.2. The van der Waals surface area contributed by atoms with E-state index in [0.717, 1.165) is 12.0 Å². The van der Waals surface area contributed by atoms with Crippen molar-refractivity contribution in [2.75, 3.05) is 6.54 Å². The Morgan fingerprint density at radius 1 is 1.50 bits per heavy atom. The molecule has 0 saturated heterocycles. The van der Waals surface area contributed by atoms with Crippen molar-refractivity contribution in [3.63, 3.8) is 0 Å². The topological polar surface area (TPSA) is 46.2 Å². The van der Waals surface area contributed by atoms with E-state index in [1.807, 2.05) is 30.3 Å². The lowest BCUT2D eigenvalue weighted by Gasteiger charge is -2.22. The fraction of sp³-hybridized carbons (Fsp3) is 0.500. The van der Waals surface area contributed by atoms with E-state index in [2.05, 4.69) is 6.92 Å². The van der Waals surface area contributed by atoms with Crippen LogP contribution in [0.15, 0.2) is 30.3 Å². The number of nitrogens with two attached hydrogens (primary N) is 1. The highest BCUT2D eigenvalue weighted by Crippen LogP contribution is 2.59. The van der Waals surface area contributed by atoms with E-state index >= 15 is 0 Å². The summed E-state index contributed by atoms with van der Waals surface area (Å²) in [7, 11) is 0. The minimum atomic E-state index is -0.399. The van der Waals surface area contributed by atoms with Gasteiger partial charge in [0.2, 0.25) is 0 Å². The molecule has 1 aromatic carbocycles. The lowest BCUT2D eigenvalue weighted by molar-refractivity contribution is 0.0889. The summed E-state index contributed by atoms with van der Waals surface area (Å²) in [6, 6.07) is 9.80. The molecule has 0 radical (unpaired) electrons. The van der Waals surface area contributed by atoms with E-state index in [0.29, 0.717) is 12.5 Å². The molecule has 0 bridgehead atoms. The largest absolute Gasteiger partial charge is 0.388 e. The molecule has 1 saturated carbocycles. The molecule has 1 fully saturated rings. The minimum Gasteiger partial charge on any atom is -0.388 e. The van der Waals surface area contributed by atoms with E-state index in [-0.39, 0.29) is 5.41 Å². The predicted molar refractivity (Wildman–Crippen MR) is 56.7 cm³/mol. The van der Waals surface area contributed by atoms with Gasteiger partial charge in [-0.25, -0.2) is 0 Å². The molecule has 1 aliphatic rings. The summed E-state index contributed by atoms with van der Waals surface area (Å²) in [5.74, 6) is 0.544. The third kappa shape index (κ3) is 1.35. The second-order valence-corrected chi connectivity index (χ2v) is 4.36. The van der Waals surface area contributed by atoms with Gasteiger partial charge in [-0.1, -0.05) is 37.3 Å². The molecule has 0 amide bonds. The molecule has 2 nitrogen and oxygen atoms in total. The standard InChI is InChI=1S/C12H17NO/c1-9-7-12(9,8-13)11(14)10-5-3-2-4-6-10/h2-6,9,11,14H,7-8,13H2,1H3/t9-,11-,12-/m1/s1. The predicted octanol–water partition coefficient (Wildman–Crippen LogP) is 1.70. The number of hydrogen-bond acceptors (Lipinski definition) is 2. The Morgan fingerprint density at radius 2 is 2.07 bits per heavy atom. The quantitative estimate of drug-likeness (QED) is 0.764. The summed E-state index contributed by atoms with van der Waals surface area (Å²) in [5, 5.41) is 10.2. The Labute approximate surface area is 84.7 Å². The molecule has 0 aromatic heterocycles. The number of rotatable bonds is 3. The highest BCUT2D eigenvalue weighted by Gasteiger charge is 2.55. The Balaban J connectivity index is 2.21. The molecule has 76 valence electrons. The lowest BCUT2D eigenvalue weighted by atomic mass is 9.91. The van der Waals surface area contributed by atoms with E-state index in [1.54, 1.807) is 0 Å². The van der Waals surface area contributed by atoms with Crippen LogP contribution in [-0.4, -0.2) is 11.7 Å². The smallest absolute Gasteiger partial charge is 0.0860 e. The fourth-order valence-electron chi connectivity index (χ4n) is 2.26. The zero-order valence-electron chi connectivity index (χ0n) is 8.48. The van der Waals surface area contributed by atoms with Crippen LogP contribution in [-0.2, 0) is 0 Å². The van der Waals surface area contributed by atoms with E-state index in [1.165, 1.54) is 0 Å². The van der Waals surface area contributed by atoms with Gasteiger partial charge in [-0.3, -0.25) is 0 Å². The van der Waals surface area contributed by atoms with Crippen molar-refractivity contribution in [3.05, 3.63) is 35.9 Å². The molecule has 3 atom stereocenters. The van der Waals surface area contributed by atoms with Gasteiger partial charge in [-0.2, -0.15) is 0 Å². The zero-order valence-corrected chi connectivity index (χ0v) is 8.48. The van der Waals surface area contributed by atoms with Gasteiger partial charge in [0.1, 0.15) is 0 Å². The first-order valence-electron chi connectivity index (χ1n) is 5.14. The number of hydrogen-bond donors (Lipinski definition) is 2. The summed E-state index contributed by atoms with van der Waals surface area (Å²) in [6.45, 7) is 2.73. The monoisotopic (exact) mass is 191 g/mol. The lowest BCUT2D eigenvalue weighted by Crippen LogP contribution is -2.25. The summed E-state index contributed by atoms with van der Waals surface area (Å²) in [6.07, 6.45) is 0.642. The van der Waals surface area contributed by atoms with Crippen molar-refractivity contribution in [1.82, 2.24) is 0 Å². The fourth-order valence-corrected chi connectivity index (χ4v) is 2.26. The third-order valence-corrected chi connectivity index (χ3v) is 3.55. The molecule has 14 heavy (non-hydrogen) atoms. The van der Waals surface area contributed by atoms with Gasteiger partial charge in [-0.15, -0.1) is 0 Å². The first-order chi connectivity index (χ1) is 6.70. The van der Waals surface area contributed by atoms with Crippen LogP contribution in [0.1, 0.15) is 25.0 Å². The first-order valence-corrected chi connectivity index (χ1v) is 5.14. The first kappa shape index (κ1) is 9.69. The molecule has 3 N–H and O–H groups in total. The Morgan fingerprint density at radius 3 is 2.50 bits per heavy atom. The average Bonchev–Trinajstić information content (AvgIpc) is 2.91. The van der Waals surface area contributed by atoms with E-state index in [4.69, 9.17) is 5.73 Å². The van der Waals surface area contributed by atoms with Crippen molar-refractivity contribution < 1.29 is 5.11 Å². The molecule has 2 rings (SSSR count). The van der Waals surface area contributed by atoms with Gasteiger partial charge in [0.15, 0.2) is 0 Å². The summed E-state index contributed by atoms with van der Waals surface area (Å²) in [5.41, 5.74) is 6.67. The van der Waals surface area contributed by atoms with Crippen LogP contribution in [0.4, 0.5) is 0 Å². The molecule has 1 aliphatic carbocycles. The number of benzene rings is 1. The van der Waals surface area contributed by atoms with E-state index in [9.17, 15) is 5.11 Å². The highest BCUT2D eigenvalue weighted by atomic mass is 16.3. The summed E-state index contributed by atoms with van der Waals surface area (Å²) in [4.78, 5) is 0. The van der Waals surface area contributed by atoms with Crippen molar-refractivity contribution in [3.8, 4) is 0 Å². The summed E-state index contributed by atoms with van der Waals surface area (Å²) < 4.78 is 0. The molecule has 2 heteroatoms. The number of aliphatic hydroxyl groups is 1. The van der Waals surface area contributed by atoms with E-state index < -0.39 is 6.10 Å². The highest BCUT2D eigenvalue weighted by molar-refractivity contribution is 5.23. The van der Waals surface area contributed by atoms with Gasteiger partial charge in [0, 0.05) is 12.0 Å². The van der Waals surface area contributed by atoms with Crippen LogP contribution in [0, 0.1) is 11.3 Å². The molecular formula is C12H17NO. The molecule has 0 aliphatic heterocycles. The maximum absolute atomic E-state index is 10.2. The van der Waals surface area contributed by atoms with Crippen LogP contribution in [0.5, 0.6) is 0 Å². The Bertz CT molecular complexity index is 307. The van der Waals surface area contributed by atoms with Gasteiger partial charge in [0.05, 0.1) is 6.10 Å². The van der Waals surface area contributed by atoms with Crippen molar-refractivity contribution in [2.45, 2.75) is 19.4 Å². The van der Waals surface area contributed by atoms with Crippen LogP contribution in [0.2, 0.25) is 0 Å². The molecule has 0 heterocycles. The van der Waals surface area contributed by atoms with Crippen LogP contribution in [0.3, 0.4) is 0 Å². The van der Waals surface area contributed by atoms with Crippen LogP contribution in [0.25, 0.3) is 0 Å². The maximum Gasteiger partial charge on any atom is 0.0860 e. The summed E-state index contributed by atoms with van der Waals surface area (Å²) >= 11 is 0. The van der Waals surface area contributed by atoms with Crippen molar-refractivity contribution >= 4 is 0 Å². The molecule has 0 unspecified atom stereocenters. The normalized spacial score (nSPS) is 32.6. The maximum atomic E-state index is 10.2. The second-order valence-electron chi connectivity index (χ2n) is 4.36. The van der Waals surface area contributed by atoms with Crippen molar-refractivity contribution in [1.29, 1.82) is 0 Å². The SMILES string of the molecule is C[C@@H]1C[C@]1(CN)[C@H](O)c1ccccc1. The van der Waals surface area contributed by atoms with Gasteiger partial charge >= 0.3 is 0 Å². The average molecular weight is 191 g/mol. The Hall–Kier alpha value is -0.860.